The molecular formula is C14H16N2O3. The molecule has 1 aromatic heterocycles. The van der Waals surface area contributed by atoms with E-state index in [4.69, 9.17) is 0 Å². The van der Waals surface area contributed by atoms with Crippen LogP contribution in [0.1, 0.15) is 31.9 Å². The second kappa shape index (κ2) is 5.32. The molecule has 1 N–H and O–H groups in total. The molecule has 0 radical (unpaired) electrons. The van der Waals surface area contributed by atoms with E-state index >= 15 is 0 Å². The summed E-state index contributed by atoms with van der Waals surface area (Å²) in [5.74, 6) is -0.0513. The molecule has 19 heavy (non-hydrogen) atoms. The van der Waals surface area contributed by atoms with Crippen LogP contribution in [0, 0.1) is 10.1 Å². The van der Waals surface area contributed by atoms with Gasteiger partial charge in [0.05, 0.1) is 16.5 Å². The van der Waals surface area contributed by atoms with E-state index in [2.05, 4.69) is 4.98 Å². The molecule has 1 heterocycles. The van der Waals surface area contributed by atoms with E-state index in [1.54, 1.807) is 6.07 Å². The minimum atomic E-state index is -0.428. The van der Waals surface area contributed by atoms with Crippen molar-refractivity contribution in [3.05, 3.63) is 46.1 Å². The average Bonchev–Trinajstić information content (AvgIpc) is 2.44. The second-order valence-corrected chi connectivity index (χ2v) is 4.63. The monoisotopic (exact) mass is 260 g/mol. The van der Waals surface area contributed by atoms with E-state index in [9.17, 15) is 15.2 Å². The Balaban J connectivity index is 2.42. The largest absolute Gasteiger partial charge is 0.392 e. The van der Waals surface area contributed by atoms with E-state index in [-0.39, 0.29) is 11.6 Å². The Hall–Kier alpha value is -2.01. The van der Waals surface area contributed by atoms with Crippen LogP contribution in [0.4, 0.5) is 5.69 Å². The molecule has 2 aromatic rings. The number of rotatable bonds is 4. The van der Waals surface area contributed by atoms with Crippen LogP contribution in [0.3, 0.4) is 0 Å². The van der Waals surface area contributed by atoms with Crippen molar-refractivity contribution in [2.24, 2.45) is 0 Å². The Morgan fingerprint density at radius 2 is 2.11 bits per heavy atom. The van der Waals surface area contributed by atoms with Crippen LogP contribution < -0.4 is 0 Å². The maximum Gasteiger partial charge on any atom is 0.270 e. The van der Waals surface area contributed by atoms with E-state index in [1.165, 1.54) is 12.1 Å². The molecule has 1 aromatic carbocycles. The molecule has 2 atom stereocenters. The number of pyridine rings is 1. The second-order valence-electron chi connectivity index (χ2n) is 4.63. The van der Waals surface area contributed by atoms with Crippen LogP contribution >= 0.6 is 0 Å². The van der Waals surface area contributed by atoms with Gasteiger partial charge in [0.15, 0.2) is 0 Å². The highest BCUT2D eigenvalue weighted by molar-refractivity contribution is 5.81. The van der Waals surface area contributed by atoms with Crippen LogP contribution in [0.15, 0.2) is 30.3 Å². The van der Waals surface area contributed by atoms with E-state index < -0.39 is 11.0 Å². The highest BCUT2D eigenvalue weighted by atomic mass is 16.6. The fourth-order valence-electron chi connectivity index (χ4n) is 2.05. The van der Waals surface area contributed by atoms with Gasteiger partial charge in [-0.25, -0.2) is 0 Å². The van der Waals surface area contributed by atoms with Crippen LogP contribution in [0.5, 0.6) is 0 Å². The number of non-ortho nitro benzene ring substituents is 1. The molecule has 5 heteroatoms. The van der Waals surface area contributed by atoms with Crippen molar-refractivity contribution >= 4 is 16.6 Å². The summed E-state index contributed by atoms with van der Waals surface area (Å²) in [6, 6.07) is 8.22. The highest BCUT2D eigenvalue weighted by Gasteiger charge is 2.16. The van der Waals surface area contributed by atoms with Crippen LogP contribution in [0.2, 0.25) is 0 Å². The normalized spacial score (nSPS) is 14.3. The number of nitro groups is 1. The molecule has 2 unspecified atom stereocenters. The first-order valence-corrected chi connectivity index (χ1v) is 6.26. The fraction of sp³-hybridized carbons (Fsp3) is 0.357. The SMILES string of the molecule is CCC(O)C(C)c1ccc2cc([N+](=O)[O-])ccc2n1. The first-order chi connectivity index (χ1) is 9.02. The first-order valence-electron chi connectivity index (χ1n) is 6.26. The minimum Gasteiger partial charge on any atom is -0.392 e. The summed E-state index contributed by atoms with van der Waals surface area (Å²) in [6.45, 7) is 3.85. The molecular weight excluding hydrogens is 244 g/mol. The molecule has 0 aliphatic heterocycles. The molecule has 2 rings (SSSR count). The van der Waals surface area contributed by atoms with Gasteiger partial charge in [-0.05, 0) is 18.6 Å². The molecule has 0 fully saturated rings. The Bertz CT molecular complexity index is 613. The number of nitrogens with zero attached hydrogens (tertiary/aromatic N) is 2. The zero-order chi connectivity index (χ0) is 14.0. The lowest BCUT2D eigenvalue weighted by Crippen LogP contribution is -2.15. The Morgan fingerprint density at radius 1 is 1.37 bits per heavy atom. The molecule has 0 aliphatic rings. The van der Waals surface area contributed by atoms with Crippen LogP contribution in [-0.4, -0.2) is 21.1 Å². The molecule has 0 spiro atoms. The molecule has 0 saturated carbocycles. The van der Waals surface area contributed by atoms with E-state index in [0.717, 1.165) is 11.1 Å². The van der Waals surface area contributed by atoms with Gasteiger partial charge < -0.3 is 5.11 Å². The van der Waals surface area contributed by atoms with Crippen molar-refractivity contribution in [1.82, 2.24) is 4.98 Å². The number of hydrogen-bond donors (Lipinski definition) is 1. The fourth-order valence-corrected chi connectivity index (χ4v) is 2.05. The zero-order valence-electron chi connectivity index (χ0n) is 10.9. The summed E-state index contributed by atoms with van der Waals surface area (Å²) in [6.07, 6.45) is 0.240. The third-order valence-electron chi connectivity index (χ3n) is 3.37. The summed E-state index contributed by atoms with van der Waals surface area (Å²) < 4.78 is 0. The summed E-state index contributed by atoms with van der Waals surface area (Å²) in [5, 5.41) is 21.3. The van der Waals surface area contributed by atoms with Crippen LogP contribution in [0.25, 0.3) is 10.9 Å². The summed E-state index contributed by atoms with van der Waals surface area (Å²) in [7, 11) is 0. The van der Waals surface area contributed by atoms with Crippen LogP contribution in [-0.2, 0) is 0 Å². The quantitative estimate of drug-likeness (QED) is 0.677. The topological polar surface area (TPSA) is 76.3 Å². The Kier molecular flexibility index (Phi) is 3.76. The van der Waals surface area contributed by atoms with Crippen molar-refractivity contribution in [2.75, 3.05) is 0 Å². The van der Waals surface area contributed by atoms with Crippen molar-refractivity contribution in [3.63, 3.8) is 0 Å². The Morgan fingerprint density at radius 3 is 2.74 bits per heavy atom. The van der Waals surface area contributed by atoms with Gasteiger partial charge in [0.25, 0.3) is 5.69 Å². The molecule has 0 aliphatic carbocycles. The average molecular weight is 260 g/mol. The molecule has 100 valence electrons. The standard InChI is InChI=1S/C14H16N2O3/c1-3-14(17)9(2)12-6-4-10-8-11(16(18)19)5-7-13(10)15-12/h4-9,14,17H,3H2,1-2H3. The number of nitro benzene ring substituents is 1. The van der Waals surface area contributed by atoms with E-state index in [1.807, 2.05) is 26.0 Å². The summed E-state index contributed by atoms with van der Waals surface area (Å²) in [4.78, 5) is 14.7. The lowest BCUT2D eigenvalue weighted by molar-refractivity contribution is -0.384. The number of hydrogen-bond acceptors (Lipinski definition) is 4. The number of aliphatic hydroxyl groups excluding tert-OH is 1. The third-order valence-corrected chi connectivity index (χ3v) is 3.37. The van der Waals surface area contributed by atoms with Gasteiger partial charge in [-0.3, -0.25) is 15.1 Å². The lowest BCUT2D eigenvalue weighted by Gasteiger charge is -2.16. The smallest absolute Gasteiger partial charge is 0.270 e. The highest BCUT2D eigenvalue weighted by Crippen LogP contribution is 2.24. The van der Waals surface area contributed by atoms with Crippen molar-refractivity contribution in [1.29, 1.82) is 0 Å². The molecule has 5 nitrogen and oxygen atoms in total. The number of aliphatic hydroxyl groups is 1. The first kappa shape index (κ1) is 13.4. The summed E-state index contributed by atoms with van der Waals surface area (Å²) in [5.41, 5.74) is 1.57. The van der Waals surface area contributed by atoms with Crippen molar-refractivity contribution in [2.45, 2.75) is 32.3 Å². The number of aromatic nitrogens is 1. The third kappa shape index (κ3) is 2.71. The van der Waals surface area contributed by atoms with Gasteiger partial charge in [-0.1, -0.05) is 19.9 Å². The lowest BCUT2D eigenvalue weighted by atomic mass is 9.98. The minimum absolute atomic E-state index is 0.0513. The van der Waals surface area contributed by atoms with Gasteiger partial charge in [-0.2, -0.15) is 0 Å². The maximum atomic E-state index is 10.7. The number of benzene rings is 1. The zero-order valence-corrected chi connectivity index (χ0v) is 10.9. The van der Waals surface area contributed by atoms with Gasteiger partial charge >= 0.3 is 0 Å². The molecule has 0 amide bonds. The number of fused-ring (bicyclic) bond motifs is 1. The molecule has 0 saturated heterocycles. The predicted molar refractivity (Wildman–Crippen MR) is 73.1 cm³/mol. The van der Waals surface area contributed by atoms with Gasteiger partial charge in [0, 0.05) is 29.1 Å². The Labute approximate surface area is 111 Å². The van der Waals surface area contributed by atoms with E-state index in [0.29, 0.717) is 11.9 Å². The van der Waals surface area contributed by atoms with Crippen molar-refractivity contribution in [3.8, 4) is 0 Å². The maximum absolute atomic E-state index is 10.7. The van der Waals surface area contributed by atoms with Gasteiger partial charge in [0.2, 0.25) is 0 Å². The summed E-state index contributed by atoms with van der Waals surface area (Å²) >= 11 is 0. The van der Waals surface area contributed by atoms with Gasteiger partial charge in [0.1, 0.15) is 0 Å². The van der Waals surface area contributed by atoms with Crippen molar-refractivity contribution < 1.29 is 10.0 Å². The van der Waals surface area contributed by atoms with Gasteiger partial charge in [-0.15, -0.1) is 0 Å². The molecule has 0 bridgehead atoms. The predicted octanol–water partition coefficient (Wildman–Crippen LogP) is 3.02.